The molecule has 1 aliphatic carbocycles. The van der Waals surface area contributed by atoms with Gasteiger partial charge in [0, 0.05) is 10.4 Å². The minimum atomic E-state index is -3.91. The van der Waals surface area contributed by atoms with Gasteiger partial charge in [-0.05, 0) is 55.9 Å². The van der Waals surface area contributed by atoms with E-state index in [0.717, 1.165) is 19.3 Å². The number of carbonyl (C=O) groups is 2. The molecule has 6 nitrogen and oxygen atoms in total. The summed E-state index contributed by atoms with van der Waals surface area (Å²) in [6.07, 6.45) is 3.02. The summed E-state index contributed by atoms with van der Waals surface area (Å²) in [6, 6.07) is 7.38. The van der Waals surface area contributed by atoms with Crippen molar-refractivity contribution < 1.29 is 18.0 Å². The zero-order valence-corrected chi connectivity index (χ0v) is 16.2. The Bertz CT molecular complexity index is 946. The van der Waals surface area contributed by atoms with Gasteiger partial charge in [0.2, 0.25) is 0 Å². The van der Waals surface area contributed by atoms with E-state index in [-0.39, 0.29) is 10.7 Å². The van der Waals surface area contributed by atoms with E-state index < -0.39 is 15.9 Å². The summed E-state index contributed by atoms with van der Waals surface area (Å²) in [4.78, 5) is 27.3. The fraction of sp³-hybridized carbons (Fsp3) is 0.333. The maximum absolute atomic E-state index is 12.3. The van der Waals surface area contributed by atoms with Crippen LogP contribution in [0.5, 0.6) is 0 Å². The Balaban J connectivity index is 1.67. The lowest BCUT2D eigenvalue weighted by atomic mass is 9.90. The molecule has 1 aromatic heterocycles. The Morgan fingerprint density at radius 2 is 1.88 bits per heavy atom. The molecule has 138 valence electrons. The lowest BCUT2D eigenvalue weighted by Crippen LogP contribution is -2.41. The van der Waals surface area contributed by atoms with Crippen molar-refractivity contribution in [3.8, 4) is 0 Å². The Morgan fingerprint density at radius 3 is 2.54 bits per heavy atom. The summed E-state index contributed by atoms with van der Waals surface area (Å²) in [5, 5.41) is 0. The Morgan fingerprint density at radius 1 is 1.19 bits per heavy atom. The average Bonchev–Trinajstić information content (AvgIpc) is 3.03. The molecule has 0 saturated carbocycles. The molecule has 0 saturated heterocycles. The molecule has 0 aliphatic heterocycles. The van der Waals surface area contributed by atoms with Crippen LogP contribution in [0.3, 0.4) is 0 Å². The third-order valence-electron chi connectivity index (χ3n) is 4.42. The van der Waals surface area contributed by atoms with Crippen molar-refractivity contribution in [2.24, 2.45) is 5.92 Å². The number of fused-ring (bicyclic) bond motifs is 1. The number of Topliss-reactive ketones (excluding diaryl/α,β-unsaturated/α-hetero) is 1. The number of nitrogens with one attached hydrogen (secondary N) is 2. The molecular weight excluding hydrogens is 372 g/mol. The third kappa shape index (κ3) is 4.03. The van der Waals surface area contributed by atoms with Crippen LogP contribution in [0, 0.1) is 5.92 Å². The number of hydrazine groups is 1. The van der Waals surface area contributed by atoms with E-state index in [1.165, 1.54) is 53.0 Å². The molecule has 8 heteroatoms. The molecule has 1 aliphatic rings. The van der Waals surface area contributed by atoms with E-state index in [9.17, 15) is 18.0 Å². The zero-order chi connectivity index (χ0) is 18.9. The van der Waals surface area contributed by atoms with Gasteiger partial charge >= 0.3 is 0 Å². The predicted octanol–water partition coefficient (Wildman–Crippen LogP) is 2.70. The Hall–Kier alpha value is -2.03. The van der Waals surface area contributed by atoms with Crippen molar-refractivity contribution in [3.63, 3.8) is 0 Å². The van der Waals surface area contributed by atoms with Crippen LogP contribution in [-0.4, -0.2) is 20.1 Å². The van der Waals surface area contributed by atoms with Gasteiger partial charge in [-0.3, -0.25) is 15.0 Å². The number of hydrogen-bond donors (Lipinski definition) is 2. The first-order valence-electron chi connectivity index (χ1n) is 8.31. The van der Waals surface area contributed by atoms with Crippen LogP contribution in [0.4, 0.5) is 0 Å². The van der Waals surface area contributed by atoms with Crippen molar-refractivity contribution in [2.75, 3.05) is 0 Å². The zero-order valence-electron chi connectivity index (χ0n) is 14.5. The van der Waals surface area contributed by atoms with Crippen LogP contribution in [0.15, 0.2) is 35.2 Å². The number of hydrogen-bond acceptors (Lipinski definition) is 5. The maximum Gasteiger partial charge on any atom is 0.276 e. The van der Waals surface area contributed by atoms with Gasteiger partial charge in [-0.25, -0.2) is 8.42 Å². The van der Waals surface area contributed by atoms with Gasteiger partial charge in [0.25, 0.3) is 15.9 Å². The highest BCUT2D eigenvalue weighted by Gasteiger charge is 2.22. The van der Waals surface area contributed by atoms with Gasteiger partial charge in [-0.2, -0.15) is 0 Å². The van der Waals surface area contributed by atoms with E-state index in [2.05, 4.69) is 17.2 Å². The quantitative estimate of drug-likeness (QED) is 0.604. The average molecular weight is 393 g/mol. The maximum atomic E-state index is 12.3. The molecule has 1 amide bonds. The third-order valence-corrected chi connectivity index (χ3v) is 6.92. The molecule has 26 heavy (non-hydrogen) atoms. The van der Waals surface area contributed by atoms with Crippen LogP contribution >= 0.6 is 11.3 Å². The van der Waals surface area contributed by atoms with Crippen molar-refractivity contribution in [1.82, 2.24) is 10.3 Å². The standard InChI is InChI=1S/C18H20N2O4S2/c1-11-3-8-16-14(9-11)10-17(25-16)18(22)19-20-26(23,24)15-6-4-13(5-7-15)12(2)21/h4-7,10-11,20H,3,8-9H2,1-2H3,(H,19,22)/t11-/m1/s1. The fourth-order valence-corrected chi connectivity index (χ4v) is 4.86. The number of carbonyl (C=O) groups excluding carboxylic acids is 2. The molecule has 1 aromatic carbocycles. The van der Waals surface area contributed by atoms with E-state index in [1.54, 1.807) is 0 Å². The highest BCUT2D eigenvalue weighted by Crippen LogP contribution is 2.32. The second-order valence-corrected chi connectivity index (χ2v) is 9.37. The summed E-state index contributed by atoms with van der Waals surface area (Å²) in [7, 11) is -3.91. The molecule has 3 rings (SSSR count). The van der Waals surface area contributed by atoms with Crippen molar-refractivity contribution in [2.45, 2.75) is 38.0 Å². The topological polar surface area (TPSA) is 92.3 Å². The number of ketones is 1. The molecule has 1 atom stereocenters. The first-order chi connectivity index (χ1) is 12.3. The minimum Gasteiger partial charge on any atom is -0.295 e. The van der Waals surface area contributed by atoms with Gasteiger partial charge in [-0.1, -0.05) is 19.1 Å². The molecule has 2 N–H and O–H groups in total. The summed E-state index contributed by atoms with van der Waals surface area (Å²) in [5.41, 5.74) is 3.87. The lowest BCUT2D eigenvalue weighted by molar-refractivity contribution is 0.0948. The van der Waals surface area contributed by atoms with Gasteiger partial charge in [0.1, 0.15) is 0 Å². The van der Waals surface area contributed by atoms with E-state index in [0.29, 0.717) is 16.4 Å². The van der Waals surface area contributed by atoms with Crippen LogP contribution in [0.25, 0.3) is 0 Å². The smallest absolute Gasteiger partial charge is 0.276 e. The Labute approximate surface area is 156 Å². The summed E-state index contributed by atoms with van der Waals surface area (Å²) < 4.78 is 24.6. The van der Waals surface area contributed by atoms with Crippen LogP contribution < -0.4 is 10.3 Å². The van der Waals surface area contributed by atoms with Gasteiger partial charge in [0.15, 0.2) is 5.78 Å². The SMILES string of the molecule is CC(=O)c1ccc(S(=O)(=O)NNC(=O)c2cc3c(s2)CC[C@@H](C)C3)cc1. The monoisotopic (exact) mass is 392 g/mol. The van der Waals surface area contributed by atoms with Crippen molar-refractivity contribution in [1.29, 1.82) is 0 Å². The predicted molar refractivity (Wildman–Crippen MR) is 99.7 cm³/mol. The number of aryl methyl sites for hydroxylation is 1. The number of sulfonamides is 1. The van der Waals surface area contributed by atoms with Crippen LogP contribution in [-0.2, 0) is 22.9 Å². The number of amides is 1. The summed E-state index contributed by atoms with van der Waals surface area (Å²) in [6.45, 7) is 3.59. The summed E-state index contributed by atoms with van der Waals surface area (Å²) >= 11 is 1.41. The number of benzene rings is 1. The van der Waals surface area contributed by atoms with Crippen molar-refractivity contribution >= 4 is 33.1 Å². The first kappa shape index (κ1) is 18.8. The Kier molecular flexibility index (Phi) is 5.27. The number of rotatable bonds is 5. The molecular formula is C18H20N2O4S2. The van der Waals surface area contributed by atoms with Crippen LogP contribution in [0.1, 0.15) is 50.7 Å². The van der Waals surface area contributed by atoms with E-state index in [4.69, 9.17) is 0 Å². The molecule has 0 unspecified atom stereocenters. The van der Waals surface area contributed by atoms with Gasteiger partial charge in [-0.15, -0.1) is 16.2 Å². The van der Waals surface area contributed by atoms with E-state index in [1.807, 2.05) is 6.07 Å². The number of thiophene rings is 1. The molecule has 2 aromatic rings. The first-order valence-corrected chi connectivity index (χ1v) is 10.6. The minimum absolute atomic E-state index is 0.0258. The highest BCUT2D eigenvalue weighted by molar-refractivity contribution is 7.89. The molecule has 0 spiro atoms. The van der Waals surface area contributed by atoms with Gasteiger partial charge < -0.3 is 0 Å². The normalized spacial score (nSPS) is 16.8. The highest BCUT2D eigenvalue weighted by atomic mass is 32.2. The van der Waals surface area contributed by atoms with Crippen LogP contribution in [0.2, 0.25) is 0 Å². The second kappa shape index (κ2) is 7.30. The van der Waals surface area contributed by atoms with E-state index >= 15 is 0 Å². The fourth-order valence-electron chi connectivity index (χ4n) is 2.92. The van der Waals surface area contributed by atoms with Crippen molar-refractivity contribution in [3.05, 3.63) is 51.2 Å². The molecule has 0 radical (unpaired) electrons. The molecule has 0 bridgehead atoms. The second-order valence-electron chi connectivity index (χ2n) is 6.55. The largest absolute Gasteiger partial charge is 0.295 e. The summed E-state index contributed by atoms with van der Waals surface area (Å²) in [5.74, 6) is -0.0170. The molecule has 0 fully saturated rings. The van der Waals surface area contributed by atoms with Gasteiger partial charge in [0.05, 0.1) is 9.77 Å². The molecule has 1 heterocycles. The lowest BCUT2D eigenvalue weighted by Gasteiger charge is -2.16.